The van der Waals surface area contributed by atoms with E-state index in [1.165, 1.54) is 0 Å². The fourth-order valence-corrected chi connectivity index (χ4v) is 0.955. The zero-order valence-electron chi connectivity index (χ0n) is 6.69. The molecule has 0 atom stereocenters. The van der Waals surface area contributed by atoms with Crippen LogP contribution in [0.2, 0.25) is 0 Å². The molecule has 1 N–H and O–H groups in total. The van der Waals surface area contributed by atoms with E-state index in [4.69, 9.17) is 16.7 Å². The molecule has 10 heavy (non-hydrogen) atoms. The number of hydrogen-bond acceptors (Lipinski definition) is 2. The summed E-state index contributed by atoms with van der Waals surface area (Å²) in [4.78, 5) is 3.84. The fraction of sp³-hybridized carbons (Fsp3) is 0.857. The minimum absolute atomic E-state index is 0.495. The summed E-state index contributed by atoms with van der Waals surface area (Å²) in [7, 11) is 0. The molecule has 0 aliphatic rings. The van der Waals surface area contributed by atoms with E-state index in [1.54, 1.807) is 13.8 Å². The van der Waals surface area contributed by atoms with Crippen LogP contribution in [0, 0.1) is 0 Å². The van der Waals surface area contributed by atoms with Crippen molar-refractivity contribution in [3.8, 4) is 0 Å². The molecule has 0 heterocycles. The van der Waals surface area contributed by atoms with Crippen LogP contribution in [0.5, 0.6) is 0 Å². The summed E-state index contributed by atoms with van der Waals surface area (Å²) in [6.45, 7) is 5.22. The number of aliphatic hydroxyl groups is 1. The van der Waals surface area contributed by atoms with Gasteiger partial charge in [0.2, 0.25) is 0 Å². The lowest BCUT2D eigenvalue weighted by Crippen LogP contribution is -2.16. The van der Waals surface area contributed by atoms with Crippen LogP contribution in [0.25, 0.3) is 0 Å². The Hall–Kier alpha value is -0.0800. The predicted molar refractivity (Wildman–Crippen MR) is 44.5 cm³/mol. The molecule has 3 heteroatoms. The van der Waals surface area contributed by atoms with Gasteiger partial charge in [-0.15, -0.1) is 0 Å². The Morgan fingerprint density at radius 2 is 2.10 bits per heavy atom. The fourth-order valence-electron chi connectivity index (χ4n) is 0.559. The Balaban J connectivity index is 3.90. The first-order chi connectivity index (χ1) is 4.45. The average Bonchev–Trinajstić information content (AvgIpc) is 1.59. The molecule has 0 fully saturated rings. The maximum absolute atomic E-state index is 9.14. The van der Waals surface area contributed by atoms with Gasteiger partial charge in [-0.05, 0) is 20.3 Å². The lowest BCUT2D eigenvalue weighted by Gasteiger charge is -2.10. The molecule has 0 unspecified atom stereocenters. The lowest BCUT2D eigenvalue weighted by molar-refractivity contribution is 0.0910. The largest absolute Gasteiger partial charge is 0.370 e. The van der Waals surface area contributed by atoms with Gasteiger partial charge in [0.15, 0.2) is 5.72 Å². The number of nitrogens with zero attached hydrogens (tertiary/aromatic N) is 1. The molecule has 2 nitrogen and oxygen atoms in total. The molecule has 0 aromatic heterocycles. The smallest absolute Gasteiger partial charge is 0.151 e. The summed E-state index contributed by atoms with van der Waals surface area (Å²) in [5, 5.41) is 9.64. The molecule has 0 rings (SSSR count). The van der Waals surface area contributed by atoms with Crippen LogP contribution in [0.4, 0.5) is 0 Å². The van der Waals surface area contributed by atoms with Crippen LogP contribution in [0.3, 0.4) is 0 Å². The van der Waals surface area contributed by atoms with Gasteiger partial charge in [-0.1, -0.05) is 18.5 Å². The van der Waals surface area contributed by atoms with Gasteiger partial charge >= 0.3 is 0 Å². The van der Waals surface area contributed by atoms with E-state index in [9.17, 15) is 0 Å². The zero-order chi connectivity index (χ0) is 8.20. The normalized spacial score (nSPS) is 13.9. The van der Waals surface area contributed by atoms with Crippen LogP contribution < -0.4 is 0 Å². The highest BCUT2D eigenvalue weighted by Crippen LogP contribution is 2.07. The zero-order valence-corrected chi connectivity index (χ0v) is 7.44. The van der Waals surface area contributed by atoms with Crippen molar-refractivity contribution in [1.82, 2.24) is 0 Å². The van der Waals surface area contributed by atoms with E-state index in [2.05, 4.69) is 4.99 Å². The van der Waals surface area contributed by atoms with Crippen molar-refractivity contribution in [3.63, 3.8) is 0 Å². The van der Waals surface area contributed by atoms with Crippen molar-refractivity contribution in [2.45, 2.75) is 39.3 Å². The summed E-state index contributed by atoms with van der Waals surface area (Å²) in [5.74, 6) is 0. The molecule has 0 radical (unpaired) electrons. The topological polar surface area (TPSA) is 32.6 Å². The highest BCUT2D eigenvalue weighted by atomic mass is 35.5. The minimum Gasteiger partial charge on any atom is -0.370 e. The molecule has 0 aliphatic carbocycles. The highest BCUT2D eigenvalue weighted by molar-refractivity contribution is 6.65. The van der Waals surface area contributed by atoms with Gasteiger partial charge in [0.05, 0.1) is 0 Å². The Kier molecular flexibility index (Phi) is 3.91. The number of hydrogen-bond donors (Lipinski definition) is 1. The van der Waals surface area contributed by atoms with Crippen molar-refractivity contribution in [2.75, 3.05) is 0 Å². The maximum Gasteiger partial charge on any atom is 0.151 e. The molecule has 60 valence electrons. The first kappa shape index (κ1) is 9.92. The van der Waals surface area contributed by atoms with Crippen molar-refractivity contribution in [2.24, 2.45) is 4.99 Å². The van der Waals surface area contributed by atoms with Gasteiger partial charge in [0.25, 0.3) is 0 Å². The standard InChI is InChI=1S/C7H14ClNO/c1-4-5-6(8)9-7(2,3)10/h10H,4-5H2,1-3H3. The van der Waals surface area contributed by atoms with Gasteiger partial charge in [0, 0.05) is 6.42 Å². The van der Waals surface area contributed by atoms with Crippen LogP contribution >= 0.6 is 11.6 Å². The highest BCUT2D eigenvalue weighted by Gasteiger charge is 2.09. The third-order valence-corrected chi connectivity index (χ3v) is 1.12. The quantitative estimate of drug-likeness (QED) is 0.636. The van der Waals surface area contributed by atoms with Crippen molar-refractivity contribution in [1.29, 1.82) is 0 Å². The molecule has 0 saturated heterocycles. The Morgan fingerprint density at radius 1 is 1.60 bits per heavy atom. The first-order valence-corrected chi connectivity index (χ1v) is 3.80. The first-order valence-electron chi connectivity index (χ1n) is 3.42. The SMILES string of the molecule is CCCC(Cl)=NC(C)(C)O. The van der Waals surface area contributed by atoms with Crippen LogP contribution in [-0.4, -0.2) is 16.0 Å². The monoisotopic (exact) mass is 163 g/mol. The van der Waals surface area contributed by atoms with Crippen molar-refractivity contribution in [3.05, 3.63) is 0 Å². The van der Waals surface area contributed by atoms with E-state index in [0.29, 0.717) is 5.17 Å². The van der Waals surface area contributed by atoms with Gasteiger partial charge in [0.1, 0.15) is 5.17 Å². The van der Waals surface area contributed by atoms with Crippen molar-refractivity contribution >= 4 is 16.8 Å². The third-order valence-electron chi connectivity index (χ3n) is 0.851. The Morgan fingerprint density at radius 3 is 2.40 bits per heavy atom. The lowest BCUT2D eigenvalue weighted by atomic mass is 10.3. The second kappa shape index (κ2) is 3.94. The number of rotatable bonds is 3. The molecule has 0 aliphatic heterocycles. The van der Waals surface area contributed by atoms with Gasteiger partial charge in [-0.25, -0.2) is 4.99 Å². The summed E-state index contributed by atoms with van der Waals surface area (Å²) >= 11 is 5.66. The van der Waals surface area contributed by atoms with Crippen LogP contribution in [0.15, 0.2) is 4.99 Å². The van der Waals surface area contributed by atoms with Gasteiger partial charge in [-0.3, -0.25) is 0 Å². The summed E-state index contributed by atoms with van der Waals surface area (Å²) in [6, 6.07) is 0. The minimum atomic E-state index is -1.02. The summed E-state index contributed by atoms with van der Waals surface area (Å²) in [5.41, 5.74) is -1.02. The molecule has 0 aromatic carbocycles. The molecular weight excluding hydrogens is 150 g/mol. The van der Waals surface area contributed by atoms with E-state index in [0.717, 1.165) is 12.8 Å². The maximum atomic E-state index is 9.14. The summed E-state index contributed by atoms with van der Waals surface area (Å²) in [6.07, 6.45) is 1.70. The van der Waals surface area contributed by atoms with Gasteiger partial charge < -0.3 is 5.11 Å². The number of aliphatic imine (C=N–C) groups is 1. The Bertz CT molecular complexity index is 126. The third kappa shape index (κ3) is 6.05. The molecular formula is C7H14ClNO. The van der Waals surface area contributed by atoms with E-state index in [-0.39, 0.29) is 0 Å². The van der Waals surface area contributed by atoms with E-state index < -0.39 is 5.72 Å². The average molecular weight is 164 g/mol. The molecule has 0 amide bonds. The van der Waals surface area contributed by atoms with Gasteiger partial charge in [-0.2, -0.15) is 0 Å². The summed E-state index contributed by atoms with van der Waals surface area (Å²) < 4.78 is 0. The molecule has 0 spiro atoms. The van der Waals surface area contributed by atoms with E-state index >= 15 is 0 Å². The molecule has 0 aromatic rings. The molecule has 0 saturated carbocycles. The van der Waals surface area contributed by atoms with Crippen molar-refractivity contribution < 1.29 is 5.11 Å². The van der Waals surface area contributed by atoms with Crippen LogP contribution in [-0.2, 0) is 0 Å². The molecule has 0 bridgehead atoms. The Labute approximate surface area is 66.9 Å². The predicted octanol–water partition coefficient (Wildman–Crippen LogP) is 2.15. The second-order valence-electron chi connectivity index (χ2n) is 2.73. The second-order valence-corrected chi connectivity index (χ2v) is 3.17. The number of halogens is 1. The van der Waals surface area contributed by atoms with E-state index in [1.807, 2.05) is 6.92 Å². The van der Waals surface area contributed by atoms with Crippen LogP contribution in [0.1, 0.15) is 33.6 Å².